The second-order valence-corrected chi connectivity index (χ2v) is 7.12. The van der Waals surface area contributed by atoms with E-state index in [9.17, 15) is 9.59 Å². The van der Waals surface area contributed by atoms with Crippen molar-refractivity contribution in [2.75, 3.05) is 11.9 Å². The third kappa shape index (κ3) is 6.04. The van der Waals surface area contributed by atoms with Crippen molar-refractivity contribution < 1.29 is 19.4 Å². The fourth-order valence-corrected chi connectivity index (χ4v) is 2.51. The molecular weight excluding hydrogens is 332 g/mol. The third-order valence-corrected chi connectivity index (χ3v) is 3.68. The number of amides is 2. The minimum atomic E-state index is -0.788. The number of ether oxygens (including phenoxy) is 1. The first-order valence-corrected chi connectivity index (χ1v) is 8.68. The molecule has 0 bridgehead atoms. The van der Waals surface area contributed by atoms with E-state index < -0.39 is 17.7 Å². The minimum Gasteiger partial charge on any atom is -0.444 e. The van der Waals surface area contributed by atoms with Crippen molar-refractivity contribution in [3.8, 4) is 0 Å². The van der Waals surface area contributed by atoms with Crippen LogP contribution in [0.15, 0.2) is 42.5 Å². The molecule has 0 heterocycles. The number of aliphatic hydroxyl groups is 1. The Kier molecular flexibility index (Phi) is 6.58. The lowest BCUT2D eigenvalue weighted by Gasteiger charge is -2.23. The molecule has 0 spiro atoms. The summed E-state index contributed by atoms with van der Waals surface area (Å²) in [5, 5.41) is 16.5. The van der Waals surface area contributed by atoms with Gasteiger partial charge in [0, 0.05) is 12.3 Å². The number of fused-ring (bicyclic) bond motifs is 1. The molecule has 0 saturated heterocycles. The first-order chi connectivity index (χ1) is 12.3. The van der Waals surface area contributed by atoms with Crippen LogP contribution >= 0.6 is 0 Å². The van der Waals surface area contributed by atoms with Crippen LogP contribution in [0.5, 0.6) is 0 Å². The maximum Gasteiger partial charge on any atom is 0.408 e. The molecule has 6 nitrogen and oxygen atoms in total. The van der Waals surface area contributed by atoms with Crippen LogP contribution in [-0.4, -0.2) is 35.4 Å². The second kappa shape index (κ2) is 8.67. The molecule has 0 aliphatic carbocycles. The summed E-state index contributed by atoms with van der Waals surface area (Å²) < 4.78 is 5.21. The van der Waals surface area contributed by atoms with E-state index in [1.807, 2.05) is 42.5 Å². The molecule has 0 aromatic heterocycles. The Morgan fingerprint density at radius 1 is 1.12 bits per heavy atom. The third-order valence-electron chi connectivity index (χ3n) is 3.68. The van der Waals surface area contributed by atoms with Gasteiger partial charge in [-0.2, -0.15) is 0 Å². The van der Waals surface area contributed by atoms with Gasteiger partial charge >= 0.3 is 6.09 Å². The standard InChI is InChI=1S/C20H26N2O4/c1-20(2,3)26-19(25)22-17(9-6-12-23)18(24)21-16-11-10-14-7-4-5-8-15(14)13-16/h4-5,7-8,10-11,13,17,23H,6,9,12H2,1-3H3,(H,21,24)(H,22,25)/t17-/m0/s1. The minimum absolute atomic E-state index is 0.0598. The van der Waals surface area contributed by atoms with Gasteiger partial charge in [0.25, 0.3) is 0 Å². The zero-order valence-electron chi connectivity index (χ0n) is 15.4. The van der Waals surface area contributed by atoms with Crippen molar-refractivity contribution in [2.24, 2.45) is 0 Å². The Morgan fingerprint density at radius 3 is 2.46 bits per heavy atom. The van der Waals surface area contributed by atoms with E-state index in [2.05, 4.69) is 10.6 Å². The van der Waals surface area contributed by atoms with Gasteiger partial charge in [-0.05, 0) is 56.5 Å². The van der Waals surface area contributed by atoms with E-state index >= 15 is 0 Å². The first-order valence-electron chi connectivity index (χ1n) is 8.68. The number of nitrogens with one attached hydrogen (secondary N) is 2. The normalized spacial score (nSPS) is 12.5. The second-order valence-electron chi connectivity index (χ2n) is 7.12. The average Bonchev–Trinajstić information content (AvgIpc) is 2.56. The highest BCUT2D eigenvalue weighted by atomic mass is 16.6. The Labute approximate surface area is 153 Å². The monoisotopic (exact) mass is 358 g/mol. The maximum atomic E-state index is 12.6. The average molecular weight is 358 g/mol. The summed E-state index contributed by atoms with van der Waals surface area (Å²) in [6, 6.07) is 12.7. The molecule has 2 aromatic carbocycles. The van der Waals surface area contributed by atoms with Gasteiger partial charge in [0.1, 0.15) is 11.6 Å². The molecule has 0 aliphatic heterocycles. The van der Waals surface area contributed by atoms with E-state index in [4.69, 9.17) is 9.84 Å². The van der Waals surface area contributed by atoms with Crippen LogP contribution in [0, 0.1) is 0 Å². The fraction of sp³-hybridized carbons (Fsp3) is 0.400. The van der Waals surface area contributed by atoms with Gasteiger partial charge in [-0.3, -0.25) is 4.79 Å². The van der Waals surface area contributed by atoms with E-state index in [0.29, 0.717) is 18.5 Å². The summed E-state index contributed by atoms with van der Waals surface area (Å²) in [7, 11) is 0. The van der Waals surface area contributed by atoms with Crippen molar-refractivity contribution >= 4 is 28.5 Å². The molecular formula is C20H26N2O4. The Bertz CT molecular complexity index is 768. The number of rotatable bonds is 6. The summed E-state index contributed by atoms with van der Waals surface area (Å²) in [5.74, 6) is -0.348. The van der Waals surface area contributed by atoms with E-state index in [0.717, 1.165) is 10.8 Å². The van der Waals surface area contributed by atoms with Crippen molar-refractivity contribution in [1.29, 1.82) is 0 Å². The van der Waals surface area contributed by atoms with Crippen LogP contribution in [0.1, 0.15) is 33.6 Å². The molecule has 0 radical (unpaired) electrons. The SMILES string of the molecule is CC(C)(C)OC(=O)N[C@@H](CCCO)C(=O)Nc1ccc2ccccc2c1. The zero-order valence-corrected chi connectivity index (χ0v) is 15.4. The summed E-state index contributed by atoms with van der Waals surface area (Å²) >= 11 is 0. The molecule has 0 fully saturated rings. The first kappa shape index (κ1) is 19.7. The molecule has 26 heavy (non-hydrogen) atoms. The molecule has 6 heteroatoms. The predicted octanol–water partition coefficient (Wildman–Crippen LogP) is 3.44. The molecule has 2 amide bonds. The number of hydrogen-bond donors (Lipinski definition) is 3. The Balaban J connectivity index is 2.07. The zero-order chi connectivity index (χ0) is 19.2. The highest BCUT2D eigenvalue weighted by molar-refractivity contribution is 5.98. The van der Waals surface area contributed by atoms with E-state index in [1.54, 1.807) is 20.8 Å². The topological polar surface area (TPSA) is 87.7 Å². The number of alkyl carbamates (subject to hydrolysis) is 1. The van der Waals surface area contributed by atoms with Crippen molar-refractivity contribution in [1.82, 2.24) is 5.32 Å². The number of aliphatic hydroxyl groups excluding tert-OH is 1. The smallest absolute Gasteiger partial charge is 0.408 e. The van der Waals surface area contributed by atoms with Crippen LogP contribution in [0.2, 0.25) is 0 Å². The van der Waals surface area contributed by atoms with Crippen LogP contribution < -0.4 is 10.6 Å². The quantitative estimate of drug-likeness (QED) is 0.738. The maximum absolute atomic E-state index is 12.6. The summed E-state index contributed by atoms with van der Waals surface area (Å²) in [6.07, 6.45) is 0.0509. The lowest BCUT2D eigenvalue weighted by atomic mass is 10.1. The number of hydrogen-bond acceptors (Lipinski definition) is 4. The fourth-order valence-electron chi connectivity index (χ4n) is 2.51. The Hall–Kier alpha value is -2.60. The van der Waals surface area contributed by atoms with Crippen molar-refractivity contribution in [2.45, 2.75) is 45.3 Å². The number of carbonyl (C=O) groups is 2. The highest BCUT2D eigenvalue weighted by Crippen LogP contribution is 2.19. The number of carbonyl (C=O) groups excluding carboxylic acids is 2. The van der Waals surface area contributed by atoms with Crippen molar-refractivity contribution in [3.63, 3.8) is 0 Å². The van der Waals surface area contributed by atoms with Crippen LogP contribution in [0.25, 0.3) is 10.8 Å². The van der Waals surface area contributed by atoms with Crippen LogP contribution in [0.4, 0.5) is 10.5 Å². The molecule has 2 aromatic rings. The lowest BCUT2D eigenvalue weighted by Crippen LogP contribution is -2.45. The lowest BCUT2D eigenvalue weighted by molar-refractivity contribution is -0.118. The van der Waals surface area contributed by atoms with Gasteiger partial charge in [-0.1, -0.05) is 30.3 Å². The number of benzene rings is 2. The van der Waals surface area contributed by atoms with Crippen LogP contribution in [-0.2, 0) is 9.53 Å². The summed E-state index contributed by atoms with van der Waals surface area (Å²) in [6.45, 7) is 5.20. The number of anilines is 1. The van der Waals surface area contributed by atoms with E-state index in [-0.39, 0.29) is 12.5 Å². The molecule has 140 valence electrons. The Morgan fingerprint density at radius 2 is 1.81 bits per heavy atom. The van der Waals surface area contributed by atoms with Gasteiger partial charge in [0.05, 0.1) is 0 Å². The van der Waals surface area contributed by atoms with Gasteiger partial charge in [0.2, 0.25) is 5.91 Å². The predicted molar refractivity (Wildman–Crippen MR) is 102 cm³/mol. The van der Waals surface area contributed by atoms with Gasteiger partial charge in [0.15, 0.2) is 0 Å². The van der Waals surface area contributed by atoms with Gasteiger partial charge in [-0.25, -0.2) is 4.79 Å². The molecule has 0 unspecified atom stereocenters. The molecule has 3 N–H and O–H groups in total. The van der Waals surface area contributed by atoms with E-state index in [1.165, 1.54) is 0 Å². The summed E-state index contributed by atoms with van der Waals surface area (Å²) in [4.78, 5) is 24.6. The van der Waals surface area contributed by atoms with Crippen LogP contribution in [0.3, 0.4) is 0 Å². The molecule has 2 rings (SSSR count). The van der Waals surface area contributed by atoms with Gasteiger partial charge < -0.3 is 20.5 Å². The molecule has 1 atom stereocenters. The largest absolute Gasteiger partial charge is 0.444 e. The highest BCUT2D eigenvalue weighted by Gasteiger charge is 2.24. The molecule has 0 saturated carbocycles. The molecule has 0 aliphatic rings. The summed E-state index contributed by atoms with van der Waals surface area (Å²) in [5.41, 5.74) is -0.00541. The van der Waals surface area contributed by atoms with Crippen molar-refractivity contribution in [3.05, 3.63) is 42.5 Å². The van der Waals surface area contributed by atoms with Gasteiger partial charge in [-0.15, -0.1) is 0 Å².